The molecule has 0 spiro atoms. The topological polar surface area (TPSA) is 46.3 Å². The van der Waals surface area contributed by atoms with Crippen molar-refractivity contribution in [1.29, 1.82) is 0 Å². The number of nitrogens with zero attached hydrogens (tertiary/aromatic N) is 1. The normalized spacial score (nSPS) is 17.4. The maximum Gasteiger partial charge on any atom is 0.239 e. The SMILES string of the molecule is CN(C(=O)C1(C(N)=S)CCCC1)c1ccccc1. The van der Waals surface area contributed by atoms with Gasteiger partial charge >= 0.3 is 0 Å². The summed E-state index contributed by atoms with van der Waals surface area (Å²) in [5.41, 5.74) is 6.09. The van der Waals surface area contributed by atoms with Gasteiger partial charge in [0.05, 0.1) is 10.4 Å². The molecule has 1 aliphatic carbocycles. The second-order valence-corrected chi connectivity index (χ2v) is 5.29. The first-order valence-electron chi connectivity index (χ1n) is 6.21. The average Bonchev–Trinajstić information content (AvgIpc) is 2.88. The van der Waals surface area contributed by atoms with E-state index in [1.807, 2.05) is 30.3 Å². The monoisotopic (exact) mass is 262 g/mol. The van der Waals surface area contributed by atoms with E-state index in [1.54, 1.807) is 11.9 Å². The molecule has 0 heterocycles. The quantitative estimate of drug-likeness (QED) is 0.851. The molecule has 0 unspecified atom stereocenters. The van der Waals surface area contributed by atoms with Gasteiger partial charge in [-0.15, -0.1) is 0 Å². The molecule has 0 radical (unpaired) electrons. The van der Waals surface area contributed by atoms with E-state index in [-0.39, 0.29) is 5.91 Å². The molecule has 1 aromatic rings. The molecule has 0 saturated heterocycles. The van der Waals surface area contributed by atoms with Crippen LogP contribution in [0.25, 0.3) is 0 Å². The van der Waals surface area contributed by atoms with E-state index in [1.165, 1.54) is 0 Å². The Kier molecular flexibility index (Phi) is 3.66. The summed E-state index contributed by atoms with van der Waals surface area (Å²) in [4.78, 5) is 14.7. The van der Waals surface area contributed by atoms with Crippen molar-refractivity contribution in [3.05, 3.63) is 30.3 Å². The van der Waals surface area contributed by atoms with Gasteiger partial charge in [0.25, 0.3) is 0 Å². The van der Waals surface area contributed by atoms with Crippen molar-refractivity contribution in [2.45, 2.75) is 25.7 Å². The number of nitrogens with two attached hydrogens (primary N) is 1. The lowest BCUT2D eigenvalue weighted by Gasteiger charge is -2.31. The maximum absolute atomic E-state index is 12.7. The third kappa shape index (κ3) is 2.12. The Balaban J connectivity index is 2.27. The number of benzene rings is 1. The number of carbonyl (C=O) groups excluding carboxylic acids is 1. The molecule has 1 aromatic carbocycles. The van der Waals surface area contributed by atoms with Gasteiger partial charge < -0.3 is 10.6 Å². The van der Waals surface area contributed by atoms with Crippen molar-refractivity contribution in [2.75, 3.05) is 11.9 Å². The first kappa shape index (κ1) is 13.0. The summed E-state index contributed by atoms with van der Waals surface area (Å²) in [5.74, 6) is 0.0266. The molecule has 3 nitrogen and oxygen atoms in total. The predicted molar refractivity (Wildman–Crippen MR) is 77.5 cm³/mol. The van der Waals surface area contributed by atoms with Gasteiger partial charge in [-0.3, -0.25) is 4.79 Å². The molecule has 0 atom stereocenters. The maximum atomic E-state index is 12.7. The fourth-order valence-corrected chi connectivity index (χ4v) is 2.93. The number of hydrogen-bond donors (Lipinski definition) is 1. The lowest BCUT2D eigenvalue weighted by Crippen LogP contribution is -2.48. The van der Waals surface area contributed by atoms with E-state index in [2.05, 4.69) is 0 Å². The first-order valence-corrected chi connectivity index (χ1v) is 6.62. The van der Waals surface area contributed by atoms with Crippen LogP contribution in [0.3, 0.4) is 0 Å². The van der Waals surface area contributed by atoms with Crippen LogP contribution in [0.2, 0.25) is 0 Å². The highest BCUT2D eigenvalue weighted by atomic mass is 32.1. The second-order valence-electron chi connectivity index (χ2n) is 4.85. The molecule has 0 bridgehead atoms. The largest absolute Gasteiger partial charge is 0.392 e. The summed E-state index contributed by atoms with van der Waals surface area (Å²) >= 11 is 5.14. The summed E-state index contributed by atoms with van der Waals surface area (Å²) in [6, 6.07) is 9.60. The number of rotatable bonds is 3. The van der Waals surface area contributed by atoms with Crippen LogP contribution < -0.4 is 10.6 Å². The molecule has 2 N–H and O–H groups in total. The van der Waals surface area contributed by atoms with Gasteiger partial charge in [0.2, 0.25) is 5.91 Å². The molecule has 1 amide bonds. The van der Waals surface area contributed by atoms with Gasteiger partial charge in [0, 0.05) is 12.7 Å². The van der Waals surface area contributed by atoms with E-state index >= 15 is 0 Å². The van der Waals surface area contributed by atoms with E-state index < -0.39 is 5.41 Å². The van der Waals surface area contributed by atoms with Crippen molar-refractivity contribution < 1.29 is 4.79 Å². The molecule has 1 aliphatic rings. The van der Waals surface area contributed by atoms with Gasteiger partial charge in [0.15, 0.2) is 0 Å². The Morgan fingerprint density at radius 2 is 1.83 bits per heavy atom. The van der Waals surface area contributed by atoms with Crippen molar-refractivity contribution in [2.24, 2.45) is 11.1 Å². The number of thiocarbonyl (C=S) groups is 1. The minimum Gasteiger partial charge on any atom is -0.392 e. The fraction of sp³-hybridized carbons (Fsp3) is 0.429. The molecule has 2 rings (SSSR count). The number of amides is 1. The van der Waals surface area contributed by atoms with Crippen LogP contribution in [-0.2, 0) is 4.79 Å². The van der Waals surface area contributed by atoms with Crippen LogP contribution in [0.4, 0.5) is 5.69 Å². The fourth-order valence-electron chi connectivity index (χ4n) is 2.63. The van der Waals surface area contributed by atoms with Gasteiger partial charge in [-0.05, 0) is 25.0 Å². The average molecular weight is 262 g/mol. The van der Waals surface area contributed by atoms with Gasteiger partial charge in [-0.2, -0.15) is 0 Å². The Labute approximate surface area is 113 Å². The summed E-state index contributed by atoms with van der Waals surface area (Å²) in [5, 5.41) is 0. The second kappa shape index (κ2) is 5.06. The van der Waals surface area contributed by atoms with Crippen LogP contribution in [0, 0.1) is 5.41 Å². The number of hydrogen-bond acceptors (Lipinski definition) is 2. The summed E-state index contributed by atoms with van der Waals surface area (Å²) < 4.78 is 0. The lowest BCUT2D eigenvalue weighted by molar-refractivity contribution is -0.124. The van der Waals surface area contributed by atoms with E-state index in [4.69, 9.17) is 18.0 Å². The predicted octanol–water partition coefficient (Wildman–Crippen LogP) is 2.50. The minimum absolute atomic E-state index is 0.0266. The van der Waals surface area contributed by atoms with Gasteiger partial charge in [-0.25, -0.2) is 0 Å². The van der Waals surface area contributed by atoms with Crippen molar-refractivity contribution in [1.82, 2.24) is 0 Å². The first-order chi connectivity index (χ1) is 8.58. The van der Waals surface area contributed by atoms with E-state index in [0.717, 1.165) is 31.4 Å². The molecule has 4 heteroatoms. The molecule has 1 saturated carbocycles. The molecular formula is C14H18N2OS. The zero-order valence-electron chi connectivity index (χ0n) is 10.6. The smallest absolute Gasteiger partial charge is 0.239 e. The highest BCUT2D eigenvalue weighted by Gasteiger charge is 2.45. The van der Waals surface area contributed by atoms with Crippen LogP contribution in [0.5, 0.6) is 0 Å². The van der Waals surface area contributed by atoms with Crippen LogP contribution in [0.1, 0.15) is 25.7 Å². The van der Waals surface area contributed by atoms with Crippen molar-refractivity contribution in [3.63, 3.8) is 0 Å². The summed E-state index contributed by atoms with van der Waals surface area (Å²) in [6.45, 7) is 0. The molecule has 18 heavy (non-hydrogen) atoms. The molecule has 0 aliphatic heterocycles. The van der Waals surface area contributed by atoms with Gasteiger partial charge in [0.1, 0.15) is 0 Å². The summed E-state index contributed by atoms with van der Waals surface area (Å²) in [7, 11) is 1.79. The Hall–Kier alpha value is -1.42. The Morgan fingerprint density at radius 3 is 2.33 bits per heavy atom. The highest BCUT2D eigenvalue weighted by molar-refractivity contribution is 7.80. The van der Waals surface area contributed by atoms with E-state index in [0.29, 0.717) is 4.99 Å². The van der Waals surface area contributed by atoms with E-state index in [9.17, 15) is 4.79 Å². The number of anilines is 1. The zero-order chi connectivity index (χ0) is 13.2. The minimum atomic E-state index is -0.625. The Morgan fingerprint density at radius 1 is 1.28 bits per heavy atom. The van der Waals surface area contributed by atoms with Crippen molar-refractivity contribution >= 4 is 28.8 Å². The molecule has 96 valence electrons. The van der Waals surface area contributed by atoms with Gasteiger partial charge in [-0.1, -0.05) is 43.3 Å². The number of para-hydroxylation sites is 1. The molecule has 1 fully saturated rings. The third-order valence-corrected chi connectivity index (χ3v) is 4.18. The van der Waals surface area contributed by atoms with Crippen LogP contribution in [-0.4, -0.2) is 17.9 Å². The standard InChI is InChI=1S/C14H18N2OS/c1-16(11-7-3-2-4-8-11)13(17)14(12(15)18)9-5-6-10-14/h2-4,7-8H,5-6,9-10H2,1H3,(H2,15,18). The summed E-state index contributed by atoms with van der Waals surface area (Å²) in [6.07, 6.45) is 3.59. The third-order valence-electron chi connectivity index (χ3n) is 3.79. The lowest BCUT2D eigenvalue weighted by atomic mass is 9.84. The van der Waals surface area contributed by atoms with Crippen LogP contribution >= 0.6 is 12.2 Å². The highest BCUT2D eigenvalue weighted by Crippen LogP contribution is 2.40. The van der Waals surface area contributed by atoms with Crippen LogP contribution in [0.15, 0.2) is 30.3 Å². The zero-order valence-corrected chi connectivity index (χ0v) is 11.4. The molecular weight excluding hydrogens is 244 g/mol. The number of carbonyl (C=O) groups is 1. The Bertz CT molecular complexity index is 452. The molecule has 0 aromatic heterocycles. The van der Waals surface area contributed by atoms with Crippen molar-refractivity contribution in [3.8, 4) is 0 Å².